The van der Waals surface area contributed by atoms with Gasteiger partial charge >= 0.3 is 6.03 Å². The fourth-order valence-electron chi connectivity index (χ4n) is 3.30. The number of nitrogens with zero attached hydrogens (tertiary/aromatic N) is 2. The Kier molecular flexibility index (Phi) is 6.52. The lowest BCUT2D eigenvalue weighted by Crippen LogP contribution is -2.44. The van der Waals surface area contributed by atoms with Gasteiger partial charge in [0.05, 0.1) is 13.2 Å². The van der Waals surface area contributed by atoms with Crippen molar-refractivity contribution in [3.8, 4) is 5.75 Å². The molecule has 2 amide bonds. The minimum absolute atomic E-state index is 0.0464. The van der Waals surface area contributed by atoms with Crippen molar-refractivity contribution in [1.82, 2.24) is 15.1 Å². The maximum absolute atomic E-state index is 13.5. The molecular weight excluding hydrogens is 357 g/mol. The van der Waals surface area contributed by atoms with Crippen LogP contribution in [0.5, 0.6) is 5.75 Å². The summed E-state index contributed by atoms with van der Waals surface area (Å²) in [6, 6.07) is 14.5. The van der Waals surface area contributed by atoms with Crippen LogP contribution < -0.4 is 10.1 Å². The van der Waals surface area contributed by atoms with Crippen molar-refractivity contribution in [1.29, 1.82) is 0 Å². The number of likely N-dealkylation sites (N-methyl/N-ethyl adjacent to an activating group) is 1. The van der Waals surface area contributed by atoms with Gasteiger partial charge in [-0.2, -0.15) is 0 Å². The first-order chi connectivity index (χ1) is 13.5. The molecule has 0 heterocycles. The van der Waals surface area contributed by atoms with Crippen molar-refractivity contribution < 1.29 is 13.9 Å². The molecule has 2 aromatic rings. The number of hydrogen-bond donors (Lipinski definition) is 1. The zero-order valence-corrected chi connectivity index (χ0v) is 16.7. The number of rotatable bonds is 8. The van der Waals surface area contributed by atoms with Crippen molar-refractivity contribution in [3.05, 3.63) is 65.5 Å². The second-order valence-electron chi connectivity index (χ2n) is 7.43. The molecule has 6 heteroatoms. The van der Waals surface area contributed by atoms with Crippen LogP contribution in [0, 0.1) is 5.82 Å². The quantitative estimate of drug-likeness (QED) is 0.752. The molecule has 1 atom stereocenters. The lowest BCUT2D eigenvalue weighted by molar-refractivity contribution is 0.186. The highest BCUT2D eigenvalue weighted by Gasteiger charge is 2.33. The molecule has 28 heavy (non-hydrogen) atoms. The summed E-state index contributed by atoms with van der Waals surface area (Å²) < 4.78 is 18.7. The number of halogens is 1. The molecule has 3 rings (SSSR count). The fraction of sp³-hybridized carbons (Fsp3) is 0.409. The standard InChI is InChI=1S/C22H28FN3O2/c1-25(2)21(17-7-11-20(28-3)12-8-17)14-24-22(27)26(19-9-10-19)15-16-5-4-6-18(23)13-16/h4-8,11-13,19,21H,9-10,14-15H2,1-3H3,(H,24,27). The first kappa shape index (κ1) is 20.1. The van der Waals surface area contributed by atoms with Crippen LogP contribution in [0.3, 0.4) is 0 Å². The van der Waals surface area contributed by atoms with Gasteiger partial charge in [0, 0.05) is 19.1 Å². The van der Waals surface area contributed by atoms with Crippen molar-refractivity contribution in [2.24, 2.45) is 0 Å². The van der Waals surface area contributed by atoms with E-state index in [2.05, 4.69) is 10.2 Å². The van der Waals surface area contributed by atoms with Gasteiger partial charge in [0.1, 0.15) is 11.6 Å². The van der Waals surface area contributed by atoms with Gasteiger partial charge in [-0.1, -0.05) is 24.3 Å². The van der Waals surface area contributed by atoms with Gasteiger partial charge in [0.15, 0.2) is 0 Å². The summed E-state index contributed by atoms with van der Waals surface area (Å²) in [7, 11) is 5.63. The number of urea groups is 1. The smallest absolute Gasteiger partial charge is 0.318 e. The maximum Gasteiger partial charge on any atom is 0.318 e. The Morgan fingerprint density at radius 3 is 2.50 bits per heavy atom. The van der Waals surface area contributed by atoms with Gasteiger partial charge in [-0.3, -0.25) is 0 Å². The zero-order valence-electron chi connectivity index (χ0n) is 16.7. The molecule has 0 aromatic heterocycles. The van der Waals surface area contributed by atoms with Crippen molar-refractivity contribution in [2.75, 3.05) is 27.7 Å². The van der Waals surface area contributed by atoms with Gasteiger partial charge in [0.2, 0.25) is 0 Å². The predicted molar refractivity (Wildman–Crippen MR) is 108 cm³/mol. The van der Waals surface area contributed by atoms with Crippen LogP contribution in [0.25, 0.3) is 0 Å². The number of methoxy groups -OCH3 is 1. The van der Waals surface area contributed by atoms with Gasteiger partial charge in [-0.15, -0.1) is 0 Å². The monoisotopic (exact) mass is 385 g/mol. The number of carbonyl (C=O) groups excluding carboxylic acids is 1. The van der Waals surface area contributed by atoms with Crippen LogP contribution in [-0.4, -0.2) is 49.6 Å². The Bertz CT molecular complexity index is 791. The number of benzene rings is 2. The van der Waals surface area contributed by atoms with Crippen molar-refractivity contribution >= 4 is 6.03 Å². The summed E-state index contributed by atoms with van der Waals surface area (Å²) >= 11 is 0. The summed E-state index contributed by atoms with van der Waals surface area (Å²) in [4.78, 5) is 16.7. The number of hydrogen-bond acceptors (Lipinski definition) is 3. The third kappa shape index (κ3) is 5.23. The second-order valence-corrected chi connectivity index (χ2v) is 7.43. The molecular formula is C22H28FN3O2. The van der Waals surface area contributed by atoms with Crippen LogP contribution in [0.4, 0.5) is 9.18 Å². The average Bonchev–Trinajstić information content (AvgIpc) is 3.51. The van der Waals surface area contributed by atoms with Gasteiger partial charge < -0.3 is 19.9 Å². The van der Waals surface area contributed by atoms with E-state index < -0.39 is 0 Å². The largest absolute Gasteiger partial charge is 0.497 e. The minimum atomic E-state index is -0.277. The number of carbonyl (C=O) groups is 1. The van der Waals surface area contributed by atoms with E-state index in [9.17, 15) is 9.18 Å². The Morgan fingerprint density at radius 1 is 1.21 bits per heavy atom. The van der Waals surface area contributed by atoms with E-state index in [4.69, 9.17) is 4.74 Å². The van der Waals surface area contributed by atoms with Gasteiger partial charge in [0.25, 0.3) is 0 Å². The summed E-state index contributed by atoms with van der Waals surface area (Å²) in [6.45, 7) is 0.911. The fourth-order valence-corrected chi connectivity index (χ4v) is 3.30. The average molecular weight is 385 g/mol. The van der Waals surface area contributed by atoms with E-state index in [1.807, 2.05) is 49.3 Å². The van der Waals surface area contributed by atoms with Crippen LogP contribution in [0.2, 0.25) is 0 Å². The van der Waals surface area contributed by atoms with E-state index in [1.54, 1.807) is 13.2 Å². The van der Waals surface area contributed by atoms with Crippen LogP contribution in [0.1, 0.15) is 30.0 Å². The van der Waals surface area contributed by atoms with Crippen LogP contribution in [-0.2, 0) is 6.54 Å². The highest BCUT2D eigenvalue weighted by molar-refractivity contribution is 5.75. The molecule has 2 aromatic carbocycles. The highest BCUT2D eigenvalue weighted by atomic mass is 19.1. The molecule has 5 nitrogen and oxygen atoms in total. The zero-order chi connectivity index (χ0) is 20.1. The normalized spacial score (nSPS) is 14.6. The molecule has 150 valence electrons. The Hall–Kier alpha value is -2.60. The summed E-state index contributed by atoms with van der Waals surface area (Å²) in [5.41, 5.74) is 1.91. The van der Waals surface area contributed by atoms with Crippen LogP contribution >= 0.6 is 0 Å². The lowest BCUT2D eigenvalue weighted by atomic mass is 10.1. The summed E-state index contributed by atoms with van der Waals surface area (Å²) in [5.74, 6) is 0.529. The van der Waals surface area contributed by atoms with Gasteiger partial charge in [-0.25, -0.2) is 9.18 Å². The number of nitrogens with one attached hydrogen (secondary N) is 1. The molecule has 1 fully saturated rings. The van der Waals surface area contributed by atoms with E-state index in [0.29, 0.717) is 13.1 Å². The molecule has 0 radical (unpaired) electrons. The molecule has 0 bridgehead atoms. The Labute approximate surface area is 166 Å². The topological polar surface area (TPSA) is 44.8 Å². The molecule has 1 aliphatic rings. The summed E-state index contributed by atoms with van der Waals surface area (Å²) in [6.07, 6.45) is 2.00. The molecule has 1 N–H and O–H groups in total. The highest BCUT2D eigenvalue weighted by Crippen LogP contribution is 2.29. The molecule has 1 aliphatic carbocycles. The number of ether oxygens (including phenoxy) is 1. The molecule has 0 spiro atoms. The number of amides is 2. The predicted octanol–water partition coefficient (Wildman–Crippen LogP) is 3.81. The summed E-state index contributed by atoms with van der Waals surface area (Å²) in [5, 5.41) is 3.07. The van der Waals surface area contributed by atoms with Gasteiger partial charge in [-0.05, 0) is 62.3 Å². The molecule has 0 saturated heterocycles. The molecule has 1 unspecified atom stereocenters. The maximum atomic E-state index is 13.5. The van der Waals surface area contributed by atoms with E-state index in [0.717, 1.165) is 29.7 Å². The van der Waals surface area contributed by atoms with E-state index >= 15 is 0 Å². The first-order valence-electron chi connectivity index (χ1n) is 9.57. The Balaban J connectivity index is 1.64. The molecule has 1 saturated carbocycles. The van der Waals surface area contributed by atoms with Crippen molar-refractivity contribution in [2.45, 2.75) is 31.5 Å². The van der Waals surface area contributed by atoms with E-state index in [1.165, 1.54) is 12.1 Å². The van der Waals surface area contributed by atoms with Crippen LogP contribution in [0.15, 0.2) is 48.5 Å². The van der Waals surface area contributed by atoms with Crippen molar-refractivity contribution in [3.63, 3.8) is 0 Å². The third-order valence-electron chi connectivity index (χ3n) is 5.06. The third-order valence-corrected chi connectivity index (χ3v) is 5.06. The Morgan fingerprint density at radius 2 is 1.93 bits per heavy atom. The lowest BCUT2D eigenvalue weighted by Gasteiger charge is -2.28. The first-order valence-corrected chi connectivity index (χ1v) is 9.57. The molecule has 0 aliphatic heterocycles. The SMILES string of the molecule is COc1ccc(C(CNC(=O)N(Cc2cccc(F)c2)C2CC2)N(C)C)cc1. The second kappa shape index (κ2) is 9.06. The minimum Gasteiger partial charge on any atom is -0.497 e. The van der Waals surface area contributed by atoms with E-state index in [-0.39, 0.29) is 23.9 Å².